The molecule has 1 amide bonds. The second kappa shape index (κ2) is 4.49. The number of carbonyl (C=O) groups excluding carboxylic acids is 1. The van der Waals surface area contributed by atoms with Gasteiger partial charge in [-0.1, -0.05) is 31.5 Å². The minimum Gasteiger partial charge on any atom is -0.388 e. The predicted molar refractivity (Wildman–Crippen MR) is 67.9 cm³/mol. The summed E-state index contributed by atoms with van der Waals surface area (Å²) in [6.07, 6.45) is 0.645. The van der Waals surface area contributed by atoms with E-state index in [9.17, 15) is 9.90 Å². The summed E-state index contributed by atoms with van der Waals surface area (Å²) in [6.45, 7) is 6.16. The monoisotopic (exact) mass is 233 g/mol. The molecular formula is C14H19NO2. The van der Waals surface area contributed by atoms with E-state index in [0.29, 0.717) is 18.8 Å². The van der Waals surface area contributed by atoms with Gasteiger partial charge >= 0.3 is 0 Å². The van der Waals surface area contributed by atoms with Crippen LogP contribution in [0.3, 0.4) is 0 Å². The summed E-state index contributed by atoms with van der Waals surface area (Å²) in [6, 6.07) is 3.98. The van der Waals surface area contributed by atoms with Crippen molar-refractivity contribution < 1.29 is 9.90 Å². The molecule has 0 aromatic heterocycles. The van der Waals surface area contributed by atoms with Crippen LogP contribution in [0.25, 0.3) is 0 Å². The highest BCUT2D eigenvalue weighted by Gasteiger charge is 2.24. The molecule has 3 heteroatoms. The maximum atomic E-state index is 11.4. The van der Waals surface area contributed by atoms with Crippen molar-refractivity contribution in [3.8, 4) is 0 Å². The van der Waals surface area contributed by atoms with Crippen molar-refractivity contribution in [1.29, 1.82) is 0 Å². The van der Waals surface area contributed by atoms with E-state index in [-0.39, 0.29) is 5.91 Å². The average Bonchev–Trinajstić information content (AvgIpc) is 2.55. The SMILES string of the molecule is Cc1cc2c(c(C(O)CC(C)C)c1)NC(=O)C2. The predicted octanol–water partition coefficient (Wildman–Crippen LogP) is 2.57. The normalized spacial score (nSPS) is 15.9. The third kappa shape index (κ3) is 2.50. The molecule has 2 N–H and O–H groups in total. The van der Waals surface area contributed by atoms with Crippen LogP contribution in [0, 0.1) is 12.8 Å². The van der Waals surface area contributed by atoms with Crippen molar-refractivity contribution in [1.82, 2.24) is 0 Å². The molecule has 1 aliphatic heterocycles. The minimum atomic E-state index is -0.498. The van der Waals surface area contributed by atoms with E-state index in [1.165, 1.54) is 0 Å². The highest BCUT2D eigenvalue weighted by atomic mass is 16.3. The molecule has 92 valence electrons. The van der Waals surface area contributed by atoms with Crippen LogP contribution >= 0.6 is 0 Å². The molecule has 0 saturated carbocycles. The van der Waals surface area contributed by atoms with E-state index in [1.54, 1.807) is 0 Å². The molecule has 3 nitrogen and oxygen atoms in total. The quantitative estimate of drug-likeness (QED) is 0.843. The number of fused-ring (bicyclic) bond motifs is 1. The molecule has 0 spiro atoms. The standard InChI is InChI=1S/C14H19NO2/c1-8(2)4-12(16)11-6-9(3)5-10-7-13(17)15-14(10)11/h5-6,8,12,16H,4,7H2,1-3H3,(H,15,17). The van der Waals surface area contributed by atoms with Crippen LogP contribution in [0.15, 0.2) is 12.1 Å². The van der Waals surface area contributed by atoms with Crippen LogP contribution in [0.5, 0.6) is 0 Å². The van der Waals surface area contributed by atoms with E-state index in [2.05, 4.69) is 19.2 Å². The van der Waals surface area contributed by atoms with Crippen molar-refractivity contribution in [3.63, 3.8) is 0 Å². The minimum absolute atomic E-state index is 0.0172. The van der Waals surface area contributed by atoms with E-state index in [4.69, 9.17) is 0 Å². The molecule has 2 rings (SSSR count). The number of aryl methyl sites for hydroxylation is 1. The van der Waals surface area contributed by atoms with Gasteiger partial charge in [-0.25, -0.2) is 0 Å². The van der Waals surface area contributed by atoms with Crippen molar-refractivity contribution in [2.45, 2.75) is 39.7 Å². The highest BCUT2D eigenvalue weighted by molar-refractivity contribution is 6.00. The Morgan fingerprint density at radius 3 is 2.76 bits per heavy atom. The van der Waals surface area contributed by atoms with E-state index < -0.39 is 6.10 Å². The van der Waals surface area contributed by atoms with Crippen molar-refractivity contribution in [3.05, 3.63) is 28.8 Å². The molecule has 1 aromatic carbocycles. The molecular weight excluding hydrogens is 214 g/mol. The number of anilines is 1. The van der Waals surface area contributed by atoms with Crippen LogP contribution in [0.2, 0.25) is 0 Å². The number of aliphatic hydroxyl groups excluding tert-OH is 1. The molecule has 1 heterocycles. The van der Waals surface area contributed by atoms with Crippen molar-refractivity contribution in [2.75, 3.05) is 5.32 Å². The lowest BCUT2D eigenvalue weighted by molar-refractivity contribution is -0.115. The van der Waals surface area contributed by atoms with Gasteiger partial charge in [0.25, 0.3) is 0 Å². The number of rotatable bonds is 3. The Morgan fingerprint density at radius 1 is 1.41 bits per heavy atom. The van der Waals surface area contributed by atoms with Crippen molar-refractivity contribution >= 4 is 11.6 Å². The highest BCUT2D eigenvalue weighted by Crippen LogP contribution is 2.34. The molecule has 0 aliphatic carbocycles. The van der Waals surface area contributed by atoms with Crippen LogP contribution < -0.4 is 5.32 Å². The first-order valence-electron chi connectivity index (χ1n) is 6.08. The summed E-state index contributed by atoms with van der Waals surface area (Å²) in [5, 5.41) is 13.1. The molecule has 0 radical (unpaired) electrons. The van der Waals surface area contributed by atoms with Gasteiger partial charge in [-0.15, -0.1) is 0 Å². The Hall–Kier alpha value is -1.35. The molecule has 0 fully saturated rings. The number of hydrogen-bond acceptors (Lipinski definition) is 2. The third-order valence-electron chi connectivity index (χ3n) is 3.06. The van der Waals surface area contributed by atoms with Crippen LogP contribution in [-0.4, -0.2) is 11.0 Å². The number of benzene rings is 1. The molecule has 1 unspecified atom stereocenters. The van der Waals surface area contributed by atoms with E-state index in [0.717, 1.165) is 22.4 Å². The first-order chi connectivity index (χ1) is 7.97. The molecule has 1 atom stereocenters. The molecule has 0 saturated heterocycles. The zero-order valence-electron chi connectivity index (χ0n) is 10.6. The zero-order valence-corrected chi connectivity index (χ0v) is 10.6. The first-order valence-corrected chi connectivity index (χ1v) is 6.08. The number of carbonyl (C=O) groups is 1. The van der Waals surface area contributed by atoms with Gasteiger partial charge in [0, 0.05) is 5.56 Å². The van der Waals surface area contributed by atoms with Crippen LogP contribution in [-0.2, 0) is 11.2 Å². The Bertz CT molecular complexity index is 452. The van der Waals surface area contributed by atoms with E-state index >= 15 is 0 Å². The number of amides is 1. The van der Waals surface area contributed by atoms with Gasteiger partial charge in [0.15, 0.2) is 0 Å². The maximum Gasteiger partial charge on any atom is 0.228 e. The van der Waals surface area contributed by atoms with Crippen LogP contribution in [0.4, 0.5) is 5.69 Å². The number of nitrogens with one attached hydrogen (secondary N) is 1. The lowest BCUT2D eigenvalue weighted by Gasteiger charge is -2.17. The fraction of sp³-hybridized carbons (Fsp3) is 0.500. The van der Waals surface area contributed by atoms with E-state index in [1.807, 2.05) is 19.1 Å². The van der Waals surface area contributed by atoms with Gasteiger partial charge in [-0.05, 0) is 24.8 Å². The Morgan fingerprint density at radius 2 is 2.12 bits per heavy atom. The fourth-order valence-electron chi connectivity index (χ4n) is 2.38. The summed E-state index contributed by atoms with van der Waals surface area (Å²) in [4.78, 5) is 11.4. The van der Waals surface area contributed by atoms with Gasteiger partial charge in [0.2, 0.25) is 5.91 Å². The fourth-order valence-corrected chi connectivity index (χ4v) is 2.38. The summed E-state index contributed by atoms with van der Waals surface area (Å²) < 4.78 is 0. The third-order valence-corrected chi connectivity index (χ3v) is 3.06. The first kappa shape index (κ1) is 12.1. The van der Waals surface area contributed by atoms with Gasteiger partial charge in [-0.2, -0.15) is 0 Å². The molecule has 17 heavy (non-hydrogen) atoms. The van der Waals surface area contributed by atoms with Gasteiger partial charge < -0.3 is 10.4 Å². The average molecular weight is 233 g/mol. The summed E-state index contributed by atoms with van der Waals surface area (Å²) >= 11 is 0. The topological polar surface area (TPSA) is 49.3 Å². The van der Waals surface area contributed by atoms with Gasteiger partial charge in [0.05, 0.1) is 18.2 Å². The maximum absolute atomic E-state index is 11.4. The Labute approximate surface area is 102 Å². The summed E-state index contributed by atoms with van der Waals surface area (Å²) in [7, 11) is 0. The smallest absolute Gasteiger partial charge is 0.228 e. The van der Waals surface area contributed by atoms with Gasteiger partial charge in [-0.3, -0.25) is 4.79 Å². The molecule has 1 aromatic rings. The number of aliphatic hydroxyl groups is 1. The van der Waals surface area contributed by atoms with Crippen molar-refractivity contribution in [2.24, 2.45) is 5.92 Å². The zero-order chi connectivity index (χ0) is 12.6. The second-order valence-electron chi connectivity index (χ2n) is 5.26. The van der Waals surface area contributed by atoms with Crippen LogP contribution in [0.1, 0.15) is 43.1 Å². The Balaban J connectivity index is 2.37. The molecule has 0 bridgehead atoms. The lowest BCUT2D eigenvalue weighted by atomic mass is 9.95. The Kier molecular flexibility index (Phi) is 3.20. The largest absolute Gasteiger partial charge is 0.388 e. The van der Waals surface area contributed by atoms with Gasteiger partial charge in [0.1, 0.15) is 0 Å². The lowest BCUT2D eigenvalue weighted by Crippen LogP contribution is -2.08. The second-order valence-corrected chi connectivity index (χ2v) is 5.26. The number of hydrogen-bond donors (Lipinski definition) is 2. The summed E-state index contributed by atoms with van der Waals surface area (Å²) in [5.74, 6) is 0.446. The molecule has 1 aliphatic rings. The summed E-state index contributed by atoms with van der Waals surface area (Å²) in [5.41, 5.74) is 3.79.